The number of halogens is 12. The molecule has 0 radical (unpaired) electrons. The smallest absolute Gasteiger partial charge is 0.741 e. The Hall–Kier alpha value is -7.20. The number of hydrogen-bond acceptors (Lipinski definition) is 28. The van der Waals surface area contributed by atoms with Crippen LogP contribution in [0.5, 0.6) is 0 Å². The fourth-order valence-electron chi connectivity index (χ4n) is 4.69. The number of rotatable bonds is 12. The first kappa shape index (κ1) is 99.2. The molecule has 0 aromatic carbocycles. The zero-order valence-corrected chi connectivity index (χ0v) is 60.1. The third-order valence-corrected chi connectivity index (χ3v) is 11.9. The topological polar surface area (TPSA) is 470 Å². The van der Waals surface area contributed by atoms with Crippen LogP contribution in [0.1, 0.15) is 46.6 Å². The van der Waals surface area contributed by atoms with Crippen molar-refractivity contribution in [3.8, 4) is 0 Å². The fraction of sp³-hybridized carbons (Fsp3) is 0.273. The van der Waals surface area contributed by atoms with Crippen LogP contribution in [0.15, 0.2) is 140 Å². The number of alkyl halides is 12. The van der Waals surface area contributed by atoms with Gasteiger partial charge in [-0.2, -0.15) is 93.5 Å². The van der Waals surface area contributed by atoms with E-state index in [1.54, 1.807) is 99.3 Å². The maximum Gasteiger partial charge on any atom is 1.00 e. The molecule has 0 N–H and O–H groups in total. The van der Waals surface area contributed by atoms with Crippen molar-refractivity contribution < 1.29 is 194 Å². The van der Waals surface area contributed by atoms with Gasteiger partial charge in [0.2, 0.25) is 0 Å². The minimum Gasteiger partial charge on any atom is -0.741 e. The molecule has 8 aromatic rings. The first-order valence-electron chi connectivity index (χ1n) is 24.2. The van der Waals surface area contributed by atoms with Crippen LogP contribution in [0.4, 0.5) is 52.7 Å². The van der Waals surface area contributed by atoms with Crippen molar-refractivity contribution in [2.75, 3.05) is 0 Å². The van der Waals surface area contributed by atoms with Crippen molar-refractivity contribution in [1.82, 2.24) is 76.4 Å². The number of hydrogen-bond donors (Lipinski definition) is 0. The van der Waals surface area contributed by atoms with Crippen molar-refractivity contribution in [2.24, 2.45) is 97.2 Å². The molecule has 0 aliphatic carbocycles. The first-order valence-corrected chi connectivity index (χ1v) is 29.8. The molecule has 8 aromatic heterocycles. The van der Waals surface area contributed by atoms with Gasteiger partial charge in [0.15, 0.2) is 87.1 Å². The largest absolute Gasteiger partial charge is 1.00 e. The number of aromatic nitrogens is 16. The van der Waals surface area contributed by atoms with Crippen molar-refractivity contribution in [3.63, 3.8) is 0 Å². The van der Waals surface area contributed by atoms with E-state index in [1.165, 1.54) is 0 Å². The molecule has 0 bridgehead atoms. The summed E-state index contributed by atoms with van der Waals surface area (Å²) in [5.41, 5.74) is -22.6. The quantitative estimate of drug-likeness (QED) is 0.0423. The Morgan fingerprint density at radius 3 is 0.390 bits per heavy atom. The van der Waals surface area contributed by atoms with E-state index in [4.69, 9.17) is 51.9 Å². The van der Waals surface area contributed by atoms with Gasteiger partial charge in [0.25, 0.3) is 0 Å². The molecule has 8 heterocycles. The molecule has 0 saturated heterocycles. The van der Waals surface area contributed by atoms with Gasteiger partial charge in [-0.1, -0.05) is 0 Å². The third kappa shape index (κ3) is 39.1. The Bertz CT molecular complexity index is 3670. The van der Waals surface area contributed by atoms with Crippen LogP contribution < -0.4 is 0 Å². The fourth-order valence-corrected chi connectivity index (χ4v) is 4.69. The number of imidazole rings is 8. The summed E-state index contributed by atoms with van der Waals surface area (Å²) >= 11 is 0. The molecule has 0 unspecified atom stereocenters. The molecule has 0 aliphatic heterocycles. The molecule has 0 spiro atoms. The standard InChI is InChI=1S/4C10H12N6.4CHF3O3S.4Ag/c4*1-15-5-3-11-9(15)7-13-14-8-10-12-4-6-16(10)2;4*2-1(3,4)8(5,6)7;;;;/h4*3-8H,1-2H3;4*(H,5,6,7);;;;/q;;;;;;;;4*+1/p-4/b4*13-7+,14-8+;;;;;;;;. The molecule has 36 nitrogen and oxygen atoms in total. The monoisotopic (exact) mass is 1890 g/mol. The van der Waals surface area contributed by atoms with Gasteiger partial charge in [-0.15, -0.1) is 0 Å². The van der Waals surface area contributed by atoms with E-state index in [0.29, 0.717) is 0 Å². The van der Waals surface area contributed by atoms with Crippen LogP contribution in [-0.2, 0) is 186 Å². The van der Waals surface area contributed by atoms with Gasteiger partial charge in [-0.3, -0.25) is 0 Å². The second kappa shape index (κ2) is 45.6. The normalized spacial score (nSPS) is 12.1. The van der Waals surface area contributed by atoms with Crippen molar-refractivity contribution in [2.45, 2.75) is 22.0 Å². The van der Waals surface area contributed by atoms with E-state index in [-0.39, 0.29) is 89.5 Å². The van der Waals surface area contributed by atoms with Gasteiger partial charge >= 0.3 is 112 Å². The van der Waals surface area contributed by atoms with Crippen LogP contribution in [0.2, 0.25) is 0 Å². The Labute approximate surface area is 620 Å². The Kier molecular flexibility index (Phi) is 45.2. The summed E-state index contributed by atoms with van der Waals surface area (Å²) in [6.07, 6.45) is 41.3. The summed E-state index contributed by atoms with van der Waals surface area (Å²) in [7, 11) is -9.16. The maximum absolute atomic E-state index is 10.7. The van der Waals surface area contributed by atoms with E-state index in [9.17, 15) is 52.7 Å². The molecular formula is C44H48Ag4F12N24O12S4. The summed E-state index contributed by atoms with van der Waals surface area (Å²) < 4.78 is 250. The Morgan fingerprint density at radius 2 is 0.340 bits per heavy atom. The van der Waals surface area contributed by atoms with E-state index in [1.807, 2.05) is 142 Å². The molecule has 0 fully saturated rings. The second-order valence-electron chi connectivity index (χ2n) is 16.7. The molecule has 0 amide bonds. The molecule has 0 aliphatic rings. The van der Waals surface area contributed by atoms with Crippen LogP contribution in [0.3, 0.4) is 0 Å². The van der Waals surface area contributed by atoms with Crippen molar-refractivity contribution >= 4 is 90.2 Å². The van der Waals surface area contributed by atoms with Crippen LogP contribution in [0.25, 0.3) is 0 Å². The predicted octanol–water partition coefficient (Wildman–Crippen LogP) is 2.62. The number of nitrogens with zero attached hydrogens (tertiary/aromatic N) is 24. The molecule has 56 heteroatoms. The van der Waals surface area contributed by atoms with E-state index < -0.39 is 62.5 Å². The summed E-state index contributed by atoms with van der Waals surface area (Å²) in [5.74, 6) is 6.09. The van der Waals surface area contributed by atoms with Gasteiger partial charge in [-0.05, 0) is 0 Å². The van der Waals surface area contributed by atoms with E-state index in [2.05, 4.69) is 80.7 Å². The summed E-state index contributed by atoms with van der Waals surface area (Å²) in [6.45, 7) is 0. The minimum absolute atomic E-state index is 0. The molecule has 0 atom stereocenters. The van der Waals surface area contributed by atoms with Gasteiger partial charge in [0.1, 0.15) is 0 Å². The van der Waals surface area contributed by atoms with Crippen LogP contribution >= 0.6 is 0 Å². The van der Waals surface area contributed by atoms with E-state index in [0.717, 1.165) is 46.6 Å². The summed E-state index contributed by atoms with van der Waals surface area (Å²) in [5, 5.41) is 31.2. The van der Waals surface area contributed by atoms with Crippen LogP contribution in [0, 0.1) is 0 Å². The van der Waals surface area contributed by atoms with Crippen molar-refractivity contribution in [1.29, 1.82) is 0 Å². The zero-order chi connectivity index (χ0) is 73.5. The van der Waals surface area contributed by atoms with Gasteiger partial charge in [-0.25, -0.2) is 73.5 Å². The van der Waals surface area contributed by atoms with Gasteiger partial charge in [0, 0.05) is 156 Å². The molecule has 8 rings (SSSR count). The molecule has 568 valence electrons. The SMILES string of the molecule is Cn1ccnc1/C=N/N=C/c1nccn1C.Cn1ccnc1/C=N/N=C/c1nccn1C.Cn1ccnc1/C=N/N=C/c1nccn1C.Cn1ccnc1/C=N/N=C/c1nccn1C.O=S(=O)([O-])C(F)(F)F.O=S(=O)([O-])C(F)(F)F.O=S(=O)([O-])C(F)(F)F.O=S(=O)([O-])C(F)(F)F.[Ag+].[Ag+].[Ag+].[Ag+]. The van der Waals surface area contributed by atoms with Gasteiger partial charge in [0.05, 0.1) is 49.7 Å². The molecule has 100 heavy (non-hydrogen) atoms. The molecular weight excluding hydrogens is 1840 g/mol. The molecule has 0 saturated carbocycles. The third-order valence-electron chi connectivity index (χ3n) is 9.65. The average molecular weight is 1890 g/mol. The summed E-state index contributed by atoms with van der Waals surface area (Å²) in [6, 6.07) is 0. The Morgan fingerprint density at radius 1 is 0.260 bits per heavy atom. The Balaban J connectivity index is -0.000000535. The predicted molar refractivity (Wildman–Crippen MR) is 309 cm³/mol. The number of aryl methyl sites for hydroxylation is 8. The van der Waals surface area contributed by atoms with E-state index >= 15 is 0 Å². The van der Waals surface area contributed by atoms with Gasteiger partial charge < -0.3 is 54.7 Å². The maximum atomic E-state index is 10.7. The first-order chi connectivity index (χ1) is 44.1. The second-order valence-corrected chi connectivity index (χ2v) is 22.2. The van der Waals surface area contributed by atoms with Crippen molar-refractivity contribution in [3.05, 3.63) is 146 Å². The average Bonchev–Trinajstić information content (AvgIpc) is 1.57. The minimum atomic E-state index is -6.09. The zero-order valence-electron chi connectivity index (χ0n) is 50.9. The van der Waals surface area contributed by atoms with Crippen LogP contribution in [-0.4, -0.2) is 200 Å². The summed E-state index contributed by atoms with van der Waals surface area (Å²) in [4.78, 5) is 32.7.